The number of benzene rings is 1. The quantitative estimate of drug-likeness (QED) is 0.876. The Hall–Kier alpha value is -1.88. The van der Waals surface area contributed by atoms with Gasteiger partial charge in [0.2, 0.25) is 11.8 Å². The molecule has 0 bridgehead atoms. The zero-order valence-electron chi connectivity index (χ0n) is 14.4. The van der Waals surface area contributed by atoms with Crippen molar-refractivity contribution in [2.24, 2.45) is 11.8 Å². The van der Waals surface area contributed by atoms with Crippen molar-refractivity contribution in [2.75, 3.05) is 24.1 Å². The minimum absolute atomic E-state index is 0.0254. The second-order valence-corrected chi connectivity index (χ2v) is 6.25. The number of carbonyl (C=O) groups is 2. The van der Waals surface area contributed by atoms with E-state index in [2.05, 4.69) is 19.2 Å². The maximum absolute atomic E-state index is 12.3. The first-order chi connectivity index (χ1) is 11.0. The molecule has 0 saturated carbocycles. The number of nitrogens with one attached hydrogen (secondary N) is 1. The number of ether oxygens (including phenoxy) is 1. The van der Waals surface area contributed by atoms with Crippen molar-refractivity contribution in [3.8, 4) is 0 Å². The number of nitrogens with zero attached hydrogens (tertiary/aromatic N) is 1. The lowest BCUT2D eigenvalue weighted by atomic mass is 9.92. The van der Waals surface area contributed by atoms with Gasteiger partial charge in [0.05, 0.1) is 0 Å². The molecule has 2 rings (SSSR count). The van der Waals surface area contributed by atoms with Gasteiger partial charge in [-0.1, -0.05) is 27.2 Å². The van der Waals surface area contributed by atoms with Crippen LogP contribution in [0.2, 0.25) is 0 Å². The lowest BCUT2D eigenvalue weighted by Crippen LogP contribution is -2.36. The van der Waals surface area contributed by atoms with Crippen LogP contribution in [0.4, 0.5) is 11.4 Å². The van der Waals surface area contributed by atoms with Crippen LogP contribution in [0, 0.1) is 11.8 Å². The van der Waals surface area contributed by atoms with Crippen molar-refractivity contribution in [3.63, 3.8) is 0 Å². The van der Waals surface area contributed by atoms with Gasteiger partial charge in [-0.25, -0.2) is 0 Å². The molecule has 23 heavy (non-hydrogen) atoms. The molecular formula is C18H26N2O3. The molecule has 0 unspecified atom stereocenters. The van der Waals surface area contributed by atoms with E-state index >= 15 is 0 Å². The van der Waals surface area contributed by atoms with Crippen LogP contribution in [0.1, 0.15) is 39.2 Å². The summed E-state index contributed by atoms with van der Waals surface area (Å²) in [5.41, 5.74) is 2.72. The fraction of sp³-hybridized carbons (Fsp3) is 0.556. The first-order valence-electron chi connectivity index (χ1n) is 8.21. The van der Waals surface area contributed by atoms with Crippen molar-refractivity contribution < 1.29 is 14.3 Å². The summed E-state index contributed by atoms with van der Waals surface area (Å²) in [5, 5.41) is 2.99. The largest absolute Gasteiger partial charge is 0.364 e. The van der Waals surface area contributed by atoms with Crippen molar-refractivity contribution in [3.05, 3.63) is 23.8 Å². The van der Waals surface area contributed by atoms with Crippen molar-refractivity contribution in [1.29, 1.82) is 0 Å². The summed E-state index contributed by atoms with van der Waals surface area (Å²) in [5.74, 6) is 0.437. The molecule has 1 aromatic rings. The van der Waals surface area contributed by atoms with Gasteiger partial charge in [0.25, 0.3) is 0 Å². The molecule has 2 atom stereocenters. The predicted octanol–water partition coefficient (Wildman–Crippen LogP) is 3.19. The van der Waals surface area contributed by atoms with E-state index in [1.165, 1.54) is 0 Å². The number of rotatable bonds is 6. The molecule has 1 aliphatic heterocycles. The van der Waals surface area contributed by atoms with Gasteiger partial charge in [-0.05, 0) is 36.1 Å². The third kappa shape index (κ3) is 3.91. The molecule has 1 heterocycles. The summed E-state index contributed by atoms with van der Waals surface area (Å²) < 4.78 is 5.11. The third-order valence-corrected chi connectivity index (χ3v) is 4.72. The third-order valence-electron chi connectivity index (χ3n) is 4.72. The lowest BCUT2D eigenvalue weighted by molar-refractivity contribution is -0.121. The number of fused-ring (bicyclic) bond motifs is 1. The topological polar surface area (TPSA) is 58.6 Å². The first-order valence-corrected chi connectivity index (χ1v) is 8.21. The number of amides is 2. The molecule has 1 aromatic carbocycles. The number of hydrogen-bond donors (Lipinski definition) is 1. The Kier molecular flexibility index (Phi) is 5.77. The van der Waals surface area contributed by atoms with Gasteiger partial charge in [0.15, 0.2) is 0 Å². The van der Waals surface area contributed by atoms with E-state index in [4.69, 9.17) is 4.74 Å². The molecule has 1 N–H and O–H groups in total. The Morgan fingerprint density at radius 2 is 2.09 bits per heavy atom. The van der Waals surface area contributed by atoms with Gasteiger partial charge in [-0.15, -0.1) is 0 Å². The maximum Gasteiger partial charge on any atom is 0.229 e. The number of methoxy groups -OCH3 is 1. The van der Waals surface area contributed by atoms with Crippen molar-refractivity contribution in [2.45, 2.75) is 40.0 Å². The number of hydrogen-bond acceptors (Lipinski definition) is 3. The monoisotopic (exact) mass is 318 g/mol. The summed E-state index contributed by atoms with van der Waals surface area (Å²) in [6.07, 6.45) is 2.14. The SMILES string of the molecule is CC[C@@H](C)[C@@H](C)C(=O)Nc1ccc2c(c1)CCC(=O)N2COC. The molecule has 5 heteroatoms. The van der Waals surface area contributed by atoms with Crippen LogP contribution < -0.4 is 10.2 Å². The van der Waals surface area contributed by atoms with Gasteiger partial charge >= 0.3 is 0 Å². The molecule has 2 amide bonds. The second kappa shape index (κ2) is 7.59. The second-order valence-electron chi connectivity index (χ2n) is 6.25. The molecule has 0 spiro atoms. The van der Waals surface area contributed by atoms with Crippen LogP contribution >= 0.6 is 0 Å². The fourth-order valence-electron chi connectivity index (χ4n) is 2.78. The first kappa shape index (κ1) is 17.5. The van der Waals surface area contributed by atoms with E-state index in [0.717, 1.165) is 23.4 Å². The number of anilines is 2. The molecular weight excluding hydrogens is 292 g/mol. The highest BCUT2D eigenvalue weighted by atomic mass is 16.5. The molecule has 5 nitrogen and oxygen atoms in total. The van der Waals surface area contributed by atoms with E-state index in [1.54, 1.807) is 12.0 Å². The van der Waals surface area contributed by atoms with Crippen LogP contribution in [0.3, 0.4) is 0 Å². The van der Waals surface area contributed by atoms with Crippen LogP contribution in [0.15, 0.2) is 18.2 Å². The fourth-order valence-corrected chi connectivity index (χ4v) is 2.78. The highest BCUT2D eigenvalue weighted by Crippen LogP contribution is 2.30. The number of aryl methyl sites for hydroxylation is 1. The molecule has 0 radical (unpaired) electrons. The summed E-state index contributed by atoms with van der Waals surface area (Å²) >= 11 is 0. The molecule has 0 fully saturated rings. The Morgan fingerprint density at radius 3 is 2.74 bits per heavy atom. The van der Waals surface area contributed by atoms with Gasteiger partial charge < -0.3 is 10.1 Å². The van der Waals surface area contributed by atoms with Crippen LogP contribution in [-0.2, 0) is 20.7 Å². The highest BCUT2D eigenvalue weighted by Gasteiger charge is 2.25. The minimum atomic E-state index is -0.0254. The summed E-state index contributed by atoms with van der Waals surface area (Å²) in [6, 6.07) is 5.70. The summed E-state index contributed by atoms with van der Waals surface area (Å²) in [4.78, 5) is 25.9. The minimum Gasteiger partial charge on any atom is -0.364 e. The maximum atomic E-state index is 12.3. The molecule has 0 aliphatic carbocycles. The molecule has 0 saturated heterocycles. The standard InChI is InChI=1S/C18H26N2O3/c1-5-12(2)13(3)18(22)19-15-7-8-16-14(10-15)6-9-17(21)20(16)11-23-4/h7-8,10,12-13H,5-6,9,11H2,1-4H3,(H,19,22)/t12-,13-/m1/s1. The molecule has 126 valence electrons. The van der Waals surface area contributed by atoms with Crippen molar-refractivity contribution in [1.82, 2.24) is 0 Å². The summed E-state index contributed by atoms with van der Waals surface area (Å²) in [6.45, 7) is 6.39. The Labute approximate surface area is 138 Å². The van der Waals surface area contributed by atoms with E-state index in [0.29, 0.717) is 18.8 Å². The van der Waals surface area contributed by atoms with Gasteiger partial charge in [0, 0.05) is 30.8 Å². The average molecular weight is 318 g/mol. The van der Waals surface area contributed by atoms with Gasteiger partial charge in [0.1, 0.15) is 6.73 Å². The van der Waals surface area contributed by atoms with E-state index in [-0.39, 0.29) is 24.5 Å². The molecule has 1 aliphatic rings. The van der Waals surface area contributed by atoms with Crippen LogP contribution in [0.5, 0.6) is 0 Å². The zero-order chi connectivity index (χ0) is 17.0. The van der Waals surface area contributed by atoms with Gasteiger partial charge in [-0.3, -0.25) is 14.5 Å². The zero-order valence-corrected chi connectivity index (χ0v) is 14.4. The average Bonchev–Trinajstić information content (AvgIpc) is 2.56. The molecule has 0 aromatic heterocycles. The van der Waals surface area contributed by atoms with E-state index in [1.807, 2.05) is 25.1 Å². The Morgan fingerprint density at radius 1 is 1.35 bits per heavy atom. The van der Waals surface area contributed by atoms with Crippen LogP contribution in [0.25, 0.3) is 0 Å². The highest BCUT2D eigenvalue weighted by molar-refractivity contribution is 5.97. The Bertz CT molecular complexity index is 586. The lowest BCUT2D eigenvalue weighted by Gasteiger charge is -2.29. The predicted molar refractivity (Wildman–Crippen MR) is 91.4 cm³/mol. The normalized spacial score (nSPS) is 16.7. The number of carbonyl (C=O) groups excluding carboxylic acids is 2. The summed E-state index contributed by atoms with van der Waals surface area (Å²) in [7, 11) is 1.58. The van der Waals surface area contributed by atoms with Crippen molar-refractivity contribution >= 4 is 23.2 Å². The van der Waals surface area contributed by atoms with Gasteiger partial charge in [-0.2, -0.15) is 0 Å². The van der Waals surface area contributed by atoms with E-state index < -0.39 is 0 Å². The van der Waals surface area contributed by atoms with Crippen LogP contribution in [-0.4, -0.2) is 25.7 Å². The smallest absolute Gasteiger partial charge is 0.229 e. The van der Waals surface area contributed by atoms with E-state index in [9.17, 15) is 9.59 Å². The Balaban J connectivity index is 2.15.